The first-order valence-electron chi connectivity index (χ1n) is 6.65. The van der Waals surface area contributed by atoms with Crippen molar-refractivity contribution in [1.29, 1.82) is 0 Å². The Hall–Kier alpha value is -2.48. The maximum Gasteiger partial charge on any atom is 0.306 e. The van der Waals surface area contributed by atoms with E-state index in [1.165, 1.54) is 6.33 Å². The van der Waals surface area contributed by atoms with Crippen LogP contribution in [0.25, 0.3) is 22.6 Å². The van der Waals surface area contributed by atoms with Crippen LogP contribution < -0.4 is 4.18 Å². The third-order valence-corrected chi connectivity index (χ3v) is 3.62. The topological polar surface area (TPSA) is 97.8 Å². The Morgan fingerprint density at radius 1 is 1.32 bits per heavy atom. The molecular weight excluding hydrogens is 304 g/mol. The van der Waals surface area contributed by atoms with E-state index in [4.69, 9.17) is 4.18 Å². The van der Waals surface area contributed by atoms with Crippen LogP contribution in [0, 0.1) is 0 Å². The number of hydrogen-bond donors (Lipinski definition) is 1. The number of benzene rings is 1. The third kappa shape index (κ3) is 2.91. The van der Waals surface area contributed by atoms with E-state index < -0.39 is 10.1 Å². The van der Waals surface area contributed by atoms with Crippen LogP contribution in [-0.4, -0.2) is 34.6 Å². The predicted octanol–water partition coefficient (Wildman–Crippen LogP) is 1.92. The van der Waals surface area contributed by atoms with Gasteiger partial charge < -0.3 is 9.17 Å². The molecule has 0 unspecified atom stereocenters. The summed E-state index contributed by atoms with van der Waals surface area (Å²) in [6, 6.07) is 5.09. The van der Waals surface area contributed by atoms with Crippen molar-refractivity contribution >= 4 is 21.3 Å². The van der Waals surface area contributed by atoms with Crippen LogP contribution in [0.4, 0.5) is 0 Å². The fraction of sp³-hybridized carbons (Fsp3) is 0.214. The van der Waals surface area contributed by atoms with E-state index >= 15 is 0 Å². The zero-order valence-corrected chi connectivity index (χ0v) is 12.9. The molecule has 0 amide bonds. The number of nitrogens with zero attached hydrogens (tertiary/aromatic N) is 3. The number of aromatic amines is 1. The largest absolute Gasteiger partial charge is 0.383 e. The summed E-state index contributed by atoms with van der Waals surface area (Å²) in [7, 11) is -3.54. The Balaban J connectivity index is 2.06. The monoisotopic (exact) mass is 318 g/mol. The third-order valence-electron chi connectivity index (χ3n) is 3.12. The van der Waals surface area contributed by atoms with E-state index in [1.54, 1.807) is 24.4 Å². The minimum atomic E-state index is -3.54. The fourth-order valence-electron chi connectivity index (χ4n) is 2.21. The summed E-state index contributed by atoms with van der Waals surface area (Å²) in [5.41, 5.74) is 3.13. The van der Waals surface area contributed by atoms with Crippen molar-refractivity contribution in [3.8, 4) is 17.1 Å². The zero-order valence-electron chi connectivity index (χ0n) is 12.1. The summed E-state index contributed by atoms with van der Waals surface area (Å²) < 4.78 is 27.3. The Morgan fingerprint density at radius 2 is 2.14 bits per heavy atom. The molecule has 0 fully saturated rings. The number of nitrogens with one attached hydrogen (secondary N) is 1. The fourth-order valence-corrected chi connectivity index (χ4v) is 2.66. The second-order valence-corrected chi connectivity index (χ2v) is 6.38. The summed E-state index contributed by atoms with van der Waals surface area (Å²) >= 11 is 0. The molecule has 0 saturated heterocycles. The highest BCUT2D eigenvalue weighted by molar-refractivity contribution is 7.86. The van der Waals surface area contributed by atoms with Gasteiger partial charge in [0.05, 0.1) is 12.5 Å². The number of aryl methyl sites for hydroxylation is 1. The van der Waals surface area contributed by atoms with Crippen LogP contribution in [-0.2, 0) is 16.5 Å². The lowest BCUT2D eigenvalue weighted by Gasteiger charge is -2.08. The van der Waals surface area contributed by atoms with Gasteiger partial charge >= 0.3 is 10.1 Å². The number of fused-ring (bicyclic) bond motifs is 1. The number of imidazole rings is 1. The molecule has 0 atom stereocenters. The van der Waals surface area contributed by atoms with Crippen LogP contribution >= 0.6 is 0 Å². The maximum atomic E-state index is 11.2. The van der Waals surface area contributed by atoms with Gasteiger partial charge in [0.2, 0.25) is 0 Å². The number of hydrogen-bond acceptors (Lipinski definition) is 6. The van der Waals surface area contributed by atoms with Gasteiger partial charge in [-0.25, -0.2) is 15.0 Å². The molecule has 114 valence electrons. The standard InChI is InChI=1S/C14H14N4O3S/c1-3-9-6-10(21-22(2,19)20)4-5-11(9)13-17-12-7-15-8-16-14(12)18-13/h4-8H,3H2,1-2H3,(H,15,16,17,18). The van der Waals surface area contributed by atoms with E-state index in [9.17, 15) is 8.42 Å². The molecule has 22 heavy (non-hydrogen) atoms. The van der Waals surface area contributed by atoms with E-state index in [0.717, 1.165) is 22.9 Å². The summed E-state index contributed by atoms with van der Waals surface area (Å²) in [4.78, 5) is 15.6. The van der Waals surface area contributed by atoms with Gasteiger partial charge in [-0.05, 0) is 30.2 Å². The molecule has 2 aromatic heterocycles. The van der Waals surface area contributed by atoms with Crippen LogP contribution in [0.2, 0.25) is 0 Å². The highest BCUT2D eigenvalue weighted by Crippen LogP contribution is 2.27. The molecule has 0 saturated carbocycles. The molecule has 0 aliphatic rings. The van der Waals surface area contributed by atoms with Crippen molar-refractivity contribution in [2.24, 2.45) is 0 Å². The summed E-state index contributed by atoms with van der Waals surface area (Å²) in [6.45, 7) is 1.98. The Labute approximate surface area is 127 Å². The lowest BCUT2D eigenvalue weighted by Crippen LogP contribution is -2.06. The van der Waals surface area contributed by atoms with Crippen LogP contribution in [0.3, 0.4) is 0 Å². The van der Waals surface area contributed by atoms with E-state index in [2.05, 4.69) is 19.9 Å². The van der Waals surface area contributed by atoms with Gasteiger partial charge in [-0.3, -0.25) is 0 Å². The Bertz CT molecular complexity index is 901. The zero-order chi connectivity index (χ0) is 15.7. The van der Waals surface area contributed by atoms with Crippen molar-refractivity contribution in [3.05, 3.63) is 36.3 Å². The Kier molecular flexibility index (Phi) is 3.53. The van der Waals surface area contributed by atoms with Crippen LogP contribution in [0.1, 0.15) is 12.5 Å². The molecule has 0 bridgehead atoms. The molecule has 3 rings (SSSR count). The number of rotatable bonds is 4. The van der Waals surface area contributed by atoms with E-state index in [0.29, 0.717) is 23.6 Å². The lowest BCUT2D eigenvalue weighted by atomic mass is 10.0. The van der Waals surface area contributed by atoms with E-state index in [1.807, 2.05) is 6.92 Å². The summed E-state index contributed by atoms with van der Waals surface area (Å²) in [6.07, 6.45) is 4.83. The van der Waals surface area contributed by atoms with Crippen molar-refractivity contribution in [2.75, 3.05) is 6.26 Å². The summed E-state index contributed by atoms with van der Waals surface area (Å²) in [5.74, 6) is 0.956. The smallest absolute Gasteiger partial charge is 0.306 e. The van der Waals surface area contributed by atoms with Gasteiger partial charge in [-0.15, -0.1) is 0 Å². The van der Waals surface area contributed by atoms with Gasteiger partial charge in [0.1, 0.15) is 23.4 Å². The first kappa shape index (κ1) is 14.5. The average Bonchev–Trinajstić information content (AvgIpc) is 2.89. The highest BCUT2D eigenvalue weighted by Gasteiger charge is 2.12. The van der Waals surface area contributed by atoms with Crippen molar-refractivity contribution in [1.82, 2.24) is 19.9 Å². The SMILES string of the molecule is CCc1cc(OS(C)(=O)=O)ccc1-c1nc2ncncc2[nH]1. The van der Waals surface area contributed by atoms with Crippen LogP contribution in [0.15, 0.2) is 30.7 Å². The average molecular weight is 318 g/mol. The van der Waals surface area contributed by atoms with Crippen molar-refractivity contribution in [3.63, 3.8) is 0 Å². The second-order valence-electron chi connectivity index (χ2n) is 4.81. The molecule has 8 heteroatoms. The number of aromatic nitrogens is 4. The molecule has 7 nitrogen and oxygen atoms in total. The lowest BCUT2D eigenvalue weighted by molar-refractivity contribution is 0.492. The molecule has 0 radical (unpaired) electrons. The van der Waals surface area contributed by atoms with Gasteiger partial charge in [-0.1, -0.05) is 6.92 Å². The Morgan fingerprint density at radius 3 is 2.82 bits per heavy atom. The quantitative estimate of drug-likeness (QED) is 0.738. The minimum absolute atomic E-state index is 0.291. The van der Waals surface area contributed by atoms with Gasteiger partial charge in [0.25, 0.3) is 0 Å². The molecule has 1 N–H and O–H groups in total. The molecule has 0 aliphatic heterocycles. The molecule has 0 spiro atoms. The second kappa shape index (κ2) is 5.38. The first-order valence-corrected chi connectivity index (χ1v) is 8.46. The van der Waals surface area contributed by atoms with Crippen molar-refractivity contribution in [2.45, 2.75) is 13.3 Å². The molecule has 1 aromatic carbocycles. The molecular formula is C14H14N4O3S. The first-order chi connectivity index (χ1) is 10.5. The molecule has 3 aromatic rings. The normalized spacial score (nSPS) is 11.7. The highest BCUT2D eigenvalue weighted by atomic mass is 32.2. The van der Waals surface area contributed by atoms with Gasteiger partial charge in [0.15, 0.2) is 5.65 Å². The van der Waals surface area contributed by atoms with Crippen molar-refractivity contribution < 1.29 is 12.6 Å². The molecule has 2 heterocycles. The summed E-state index contributed by atoms with van der Waals surface area (Å²) in [5, 5.41) is 0. The van der Waals surface area contributed by atoms with Gasteiger partial charge in [0, 0.05) is 5.56 Å². The number of H-pyrrole nitrogens is 1. The minimum Gasteiger partial charge on any atom is -0.383 e. The van der Waals surface area contributed by atoms with Crippen LogP contribution in [0.5, 0.6) is 5.75 Å². The maximum absolute atomic E-state index is 11.2. The van der Waals surface area contributed by atoms with Gasteiger partial charge in [-0.2, -0.15) is 8.42 Å². The molecule has 0 aliphatic carbocycles. The predicted molar refractivity (Wildman–Crippen MR) is 82.0 cm³/mol. The van der Waals surface area contributed by atoms with E-state index in [-0.39, 0.29) is 0 Å².